The Morgan fingerprint density at radius 3 is 2.43 bits per heavy atom. The monoisotopic (exact) mass is 489 g/mol. The van der Waals surface area contributed by atoms with Gasteiger partial charge in [0, 0.05) is 23.9 Å². The number of hydrogen-bond acceptors (Lipinski definition) is 2. The number of ether oxygens (including phenoxy) is 1. The maximum Gasteiger partial charge on any atom is 0.273 e. The summed E-state index contributed by atoms with van der Waals surface area (Å²) < 4.78 is 10.0. The molecule has 0 spiro atoms. The topological polar surface area (TPSA) is 47.7 Å². The largest absolute Gasteiger partial charge is 0.495 e. The lowest BCUT2D eigenvalue weighted by Crippen LogP contribution is -2.16. The van der Waals surface area contributed by atoms with E-state index in [0.29, 0.717) is 17.1 Å². The molecule has 0 unspecified atom stereocenters. The molecule has 2 aromatic heterocycles. The highest BCUT2D eigenvalue weighted by Gasteiger charge is 2.30. The van der Waals surface area contributed by atoms with Crippen molar-refractivity contribution < 1.29 is 9.53 Å². The molecule has 0 radical (unpaired) electrons. The smallest absolute Gasteiger partial charge is 0.273 e. The molecule has 1 amide bonds. The highest BCUT2D eigenvalue weighted by Crippen LogP contribution is 2.40. The van der Waals surface area contributed by atoms with Gasteiger partial charge in [-0.25, -0.2) is 0 Å². The Hall–Kier alpha value is -4.25. The fourth-order valence-corrected chi connectivity index (χ4v) is 5.60. The molecule has 0 saturated carbocycles. The van der Waals surface area contributed by atoms with Crippen LogP contribution < -0.4 is 10.1 Å². The lowest BCUT2D eigenvalue weighted by Gasteiger charge is -2.12. The van der Waals surface area contributed by atoms with Crippen LogP contribution in [0.5, 0.6) is 5.75 Å². The normalized spacial score (nSPS) is 12.9. The zero-order valence-corrected chi connectivity index (χ0v) is 21.3. The summed E-state index contributed by atoms with van der Waals surface area (Å²) in [6.07, 6.45) is 6.26. The minimum Gasteiger partial charge on any atom is -0.495 e. The van der Waals surface area contributed by atoms with Crippen molar-refractivity contribution in [3.8, 4) is 28.1 Å². The minimum absolute atomic E-state index is 0.141. The maximum absolute atomic E-state index is 14.1. The highest BCUT2D eigenvalue weighted by atomic mass is 16.5. The quantitative estimate of drug-likeness (QED) is 0.273. The van der Waals surface area contributed by atoms with Crippen LogP contribution in [-0.2, 0) is 19.4 Å². The van der Waals surface area contributed by atoms with Crippen LogP contribution in [-0.4, -0.2) is 22.0 Å². The predicted molar refractivity (Wildman–Crippen MR) is 150 cm³/mol. The highest BCUT2D eigenvalue weighted by molar-refractivity contribution is 6.10. The van der Waals surface area contributed by atoms with Crippen LogP contribution in [0.4, 0.5) is 5.69 Å². The van der Waals surface area contributed by atoms with Gasteiger partial charge in [-0.2, -0.15) is 0 Å². The maximum atomic E-state index is 14.1. The van der Waals surface area contributed by atoms with Crippen LogP contribution in [0.1, 0.15) is 41.4 Å². The zero-order valence-electron chi connectivity index (χ0n) is 21.3. The molecule has 0 saturated heterocycles. The number of carbonyl (C=O) groups excluding carboxylic acids is 1. The Balaban J connectivity index is 1.60. The number of aryl methyl sites for hydroxylation is 3. The van der Waals surface area contributed by atoms with Gasteiger partial charge in [-0.05, 0) is 54.5 Å². The number of nitrogens with one attached hydrogen (secondary N) is 1. The van der Waals surface area contributed by atoms with Crippen LogP contribution in [0.2, 0.25) is 0 Å². The zero-order chi connectivity index (χ0) is 25.4. The van der Waals surface area contributed by atoms with E-state index in [1.807, 2.05) is 30.3 Å². The van der Waals surface area contributed by atoms with Gasteiger partial charge in [0.15, 0.2) is 0 Å². The van der Waals surface area contributed by atoms with Gasteiger partial charge in [-0.1, -0.05) is 73.7 Å². The molecule has 186 valence electrons. The summed E-state index contributed by atoms with van der Waals surface area (Å²) in [6.45, 7) is 3.09. The van der Waals surface area contributed by atoms with E-state index in [1.54, 1.807) is 7.11 Å². The molecule has 0 atom stereocenters. The summed E-state index contributed by atoms with van der Waals surface area (Å²) in [5.74, 6) is 0.499. The van der Waals surface area contributed by atoms with Crippen LogP contribution >= 0.6 is 0 Å². The van der Waals surface area contributed by atoms with Crippen molar-refractivity contribution in [2.75, 3.05) is 12.4 Å². The van der Waals surface area contributed by atoms with Crippen molar-refractivity contribution in [2.45, 2.75) is 39.2 Å². The van der Waals surface area contributed by atoms with Crippen molar-refractivity contribution >= 4 is 17.2 Å². The Kier molecular flexibility index (Phi) is 6.05. The van der Waals surface area contributed by atoms with Gasteiger partial charge >= 0.3 is 0 Å². The van der Waals surface area contributed by atoms with Gasteiger partial charge in [0.05, 0.1) is 18.5 Å². The van der Waals surface area contributed by atoms with Crippen LogP contribution in [0, 0.1) is 0 Å². The first-order valence-corrected chi connectivity index (χ1v) is 13.0. The van der Waals surface area contributed by atoms with E-state index in [1.165, 1.54) is 11.1 Å². The second kappa shape index (κ2) is 9.66. The molecule has 0 fully saturated rings. The van der Waals surface area contributed by atoms with E-state index < -0.39 is 0 Å². The number of carbonyl (C=O) groups is 1. The average Bonchev–Trinajstić information content (AvgIpc) is 3.37. The summed E-state index contributed by atoms with van der Waals surface area (Å²) in [6, 6.07) is 26.7. The number of hydrogen-bond donors (Lipinski definition) is 1. The second-order valence-corrected chi connectivity index (χ2v) is 9.59. The Bertz CT molecular complexity index is 1580. The third-order valence-electron chi connectivity index (χ3n) is 7.42. The van der Waals surface area contributed by atoms with Gasteiger partial charge in [-0.3, -0.25) is 9.20 Å². The number of benzene rings is 3. The fraction of sp³-hybridized carbons (Fsp3) is 0.219. The molecule has 5 aromatic rings. The number of nitrogens with zero attached hydrogens (tertiary/aromatic N) is 2. The number of imidazole rings is 1. The predicted octanol–water partition coefficient (Wildman–Crippen LogP) is 7.23. The summed E-state index contributed by atoms with van der Waals surface area (Å²) in [5, 5.41) is 3.15. The van der Waals surface area contributed by atoms with E-state index in [0.717, 1.165) is 60.3 Å². The average molecular weight is 490 g/mol. The molecule has 0 aliphatic carbocycles. The molecule has 3 heterocycles. The van der Waals surface area contributed by atoms with E-state index in [4.69, 9.17) is 4.74 Å². The first-order chi connectivity index (χ1) is 18.2. The number of para-hydroxylation sites is 2. The van der Waals surface area contributed by atoms with Crippen molar-refractivity contribution in [1.82, 2.24) is 8.97 Å². The number of rotatable bonds is 6. The Labute approximate surface area is 217 Å². The molecule has 3 aromatic carbocycles. The standard InChI is InChI=1S/C32H31N3O2/c1-3-22-16-18-24(19-17-22)29-25-13-9-10-20-34-27(23-11-5-4-6-12-23)21-35(32(25)34)30(29)31(36)33-26-14-7-8-15-28(26)37-2/h4-8,11-12,14-19,21H,3,9-10,13,20H2,1-2H3,(H,33,36). The van der Waals surface area contributed by atoms with Crippen molar-refractivity contribution in [2.24, 2.45) is 0 Å². The fourth-order valence-electron chi connectivity index (χ4n) is 5.60. The summed E-state index contributed by atoms with van der Waals surface area (Å²) in [5.41, 5.74) is 9.38. The molecule has 5 heteroatoms. The minimum atomic E-state index is -0.141. The first-order valence-electron chi connectivity index (χ1n) is 13.0. The summed E-state index contributed by atoms with van der Waals surface area (Å²) in [7, 11) is 1.62. The summed E-state index contributed by atoms with van der Waals surface area (Å²) >= 11 is 0. The number of amides is 1. The summed E-state index contributed by atoms with van der Waals surface area (Å²) in [4.78, 5) is 14.1. The third-order valence-corrected chi connectivity index (χ3v) is 7.42. The molecule has 1 aliphatic heterocycles. The Morgan fingerprint density at radius 2 is 1.68 bits per heavy atom. The van der Waals surface area contributed by atoms with Gasteiger partial charge in [-0.15, -0.1) is 0 Å². The second-order valence-electron chi connectivity index (χ2n) is 9.59. The van der Waals surface area contributed by atoms with Gasteiger partial charge in [0.2, 0.25) is 0 Å². The van der Waals surface area contributed by atoms with Crippen LogP contribution in [0.25, 0.3) is 28.0 Å². The van der Waals surface area contributed by atoms with E-state index >= 15 is 0 Å². The first kappa shape index (κ1) is 23.2. The van der Waals surface area contributed by atoms with Crippen molar-refractivity contribution in [3.63, 3.8) is 0 Å². The van der Waals surface area contributed by atoms with E-state index in [9.17, 15) is 4.79 Å². The van der Waals surface area contributed by atoms with Crippen molar-refractivity contribution in [3.05, 3.63) is 102 Å². The SMILES string of the molecule is CCc1ccc(-c2c3c4n(c(-c5ccccc5)cn4c2C(=O)Nc2ccccc2OC)CCCC3)cc1. The van der Waals surface area contributed by atoms with Gasteiger partial charge in [0.1, 0.15) is 17.1 Å². The molecule has 1 N–H and O–H groups in total. The number of anilines is 1. The molecular weight excluding hydrogens is 458 g/mol. The molecule has 5 nitrogen and oxygen atoms in total. The number of methoxy groups -OCH3 is 1. The van der Waals surface area contributed by atoms with Crippen molar-refractivity contribution in [1.29, 1.82) is 0 Å². The van der Waals surface area contributed by atoms with E-state index in [-0.39, 0.29) is 5.91 Å². The third kappa shape index (κ3) is 4.01. The lowest BCUT2D eigenvalue weighted by molar-refractivity contribution is 0.102. The molecular formula is C32H31N3O2. The van der Waals surface area contributed by atoms with E-state index in [2.05, 4.69) is 75.9 Å². The number of aromatic nitrogens is 2. The lowest BCUT2D eigenvalue weighted by atomic mass is 9.96. The Morgan fingerprint density at radius 1 is 0.919 bits per heavy atom. The molecule has 1 aliphatic rings. The van der Waals surface area contributed by atoms with Gasteiger partial charge in [0.25, 0.3) is 5.91 Å². The molecule has 0 bridgehead atoms. The van der Waals surface area contributed by atoms with Crippen LogP contribution in [0.3, 0.4) is 0 Å². The molecule has 6 rings (SSSR count). The van der Waals surface area contributed by atoms with Crippen LogP contribution in [0.15, 0.2) is 85.1 Å². The molecule has 37 heavy (non-hydrogen) atoms. The van der Waals surface area contributed by atoms with Gasteiger partial charge < -0.3 is 14.6 Å².